The van der Waals surface area contributed by atoms with E-state index < -0.39 is 0 Å². The Morgan fingerprint density at radius 2 is 2.25 bits per heavy atom. The van der Waals surface area contributed by atoms with Crippen molar-refractivity contribution in [2.75, 3.05) is 0 Å². The van der Waals surface area contributed by atoms with Crippen molar-refractivity contribution in [3.8, 4) is 5.75 Å². The molecule has 1 N–H and O–H groups in total. The van der Waals surface area contributed by atoms with Crippen LogP contribution in [-0.2, 0) is 13.2 Å². The van der Waals surface area contributed by atoms with E-state index in [-0.39, 0.29) is 5.82 Å². The first-order valence-corrected chi connectivity index (χ1v) is 6.77. The molecular weight excluding hydrogens is 259 g/mol. The first-order chi connectivity index (χ1) is 9.70. The van der Waals surface area contributed by atoms with E-state index in [2.05, 4.69) is 10.5 Å². The lowest BCUT2D eigenvalue weighted by Gasteiger charge is -2.04. The smallest absolute Gasteiger partial charge is 0.174 e. The van der Waals surface area contributed by atoms with Crippen molar-refractivity contribution in [3.05, 3.63) is 47.1 Å². The van der Waals surface area contributed by atoms with Crippen LogP contribution >= 0.6 is 0 Å². The van der Waals surface area contributed by atoms with E-state index in [0.717, 1.165) is 12.2 Å². The third-order valence-electron chi connectivity index (χ3n) is 3.27. The Kier molecular flexibility index (Phi) is 3.69. The second-order valence-corrected chi connectivity index (χ2v) is 5.14. The fraction of sp³-hybridized carbons (Fsp3) is 0.400. The van der Waals surface area contributed by atoms with Crippen molar-refractivity contribution >= 4 is 0 Å². The Balaban J connectivity index is 1.53. The largest absolute Gasteiger partial charge is 0.486 e. The summed E-state index contributed by atoms with van der Waals surface area (Å²) in [6.45, 7) is 2.73. The van der Waals surface area contributed by atoms with Crippen LogP contribution in [0.4, 0.5) is 4.39 Å². The van der Waals surface area contributed by atoms with Crippen molar-refractivity contribution < 1.29 is 13.7 Å². The van der Waals surface area contributed by atoms with Gasteiger partial charge in [0.25, 0.3) is 0 Å². The first-order valence-electron chi connectivity index (χ1n) is 6.77. The molecule has 0 bridgehead atoms. The highest BCUT2D eigenvalue weighted by Gasteiger charge is 2.20. The monoisotopic (exact) mass is 276 g/mol. The minimum Gasteiger partial charge on any atom is -0.486 e. The van der Waals surface area contributed by atoms with Crippen molar-refractivity contribution in [1.82, 2.24) is 10.5 Å². The van der Waals surface area contributed by atoms with Crippen LogP contribution in [0.15, 0.2) is 28.8 Å². The van der Waals surface area contributed by atoms with Gasteiger partial charge in [0.1, 0.15) is 18.2 Å². The van der Waals surface area contributed by atoms with Crippen LogP contribution in [0.25, 0.3) is 0 Å². The molecule has 20 heavy (non-hydrogen) atoms. The minimum atomic E-state index is -0.231. The number of nitrogens with one attached hydrogen (secondary N) is 1. The van der Waals surface area contributed by atoms with E-state index in [1.54, 1.807) is 19.1 Å². The number of aromatic nitrogens is 1. The van der Waals surface area contributed by atoms with Gasteiger partial charge in [-0.05, 0) is 43.5 Å². The topological polar surface area (TPSA) is 47.3 Å². The lowest BCUT2D eigenvalue weighted by Crippen LogP contribution is -2.15. The number of rotatable bonds is 6. The second kappa shape index (κ2) is 5.63. The van der Waals surface area contributed by atoms with Gasteiger partial charge in [-0.1, -0.05) is 5.16 Å². The van der Waals surface area contributed by atoms with Gasteiger partial charge < -0.3 is 14.6 Å². The zero-order chi connectivity index (χ0) is 13.9. The van der Waals surface area contributed by atoms with Crippen molar-refractivity contribution in [2.24, 2.45) is 0 Å². The number of hydrogen-bond donors (Lipinski definition) is 1. The molecule has 1 aromatic heterocycles. The predicted molar refractivity (Wildman–Crippen MR) is 71.8 cm³/mol. The van der Waals surface area contributed by atoms with E-state index in [4.69, 9.17) is 9.26 Å². The van der Waals surface area contributed by atoms with Gasteiger partial charge in [-0.15, -0.1) is 0 Å². The van der Waals surface area contributed by atoms with Gasteiger partial charge in [0, 0.05) is 18.7 Å². The van der Waals surface area contributed by atoms with Crippen LogP contribution in [0, 0.1) is 12.7 Å². The van der Waals surface area contributed by atoms with Gasteiger partial charge in [0.05, 0.1) is 5.69 Å². The highest BCUT2D eigenvalue weighted by Crippen LogP contribution is 2.20. The van der Waals surface area contributed by atoms with Gasteiger partial charge in [-0.2, -0.15) is 0 Å². The summed E-state index contributed by atoms with van der Waals surface area (Å²) in [6.07, 6.45) is 2.50. The van der Waals surface area contributed by atoms with Gasteiger partial charge in [0.15, 0.2) is 5.76 Å². The molecule has 106 valence electrons. The zero-order valence-electron chi connectivity index (χ0n) is 11.4. The average molecular weight is 276 g/mol. The highest BCUT2D eigenvalue weighted by molar-refractivity contribution is 5.28. The quantitative estimate of drug-likeness (QED) is 0.881. The Labute approximate surface area is 116 Å². The lowest BCUT2D eigenvalue weighted by atomic mass is 10.2. The van der Waals surface area contributed by atoms with Gasteiger partial charge in [0.2, 0.25) is 0 Å². The fourth-order valence-corrected chi connectivity index (χ4v) is 1.90. The van der Waals surface area contributed by atoms with Gasteiger partial charge >= 0.3 is 0 Å². The molecule has 3 rings (SSSR count). The molecule has 5 heteroatoms. The molecule has 0 unspecified atom stereocenters. The SMILES string of the molecule is Cc1cc(OCc2cc(CNC3CC3)no2)ccc1F. The fourth-order valence-electron chi connectivity index (χ4n) is 1.90. The van der Waals surface area contributed by atoms with Crippen LogP contribution < -0.4 is 10.1 Å². The van der Waals surface area contributed by atoms with Crippen LogP contribution in [0.2, 0.25) is 0 Å². The Bertz CT molecular complexity index is 593. The predicted octanol–water partition coefficient (Wildman–Crippen LogP) is 2.95. The summed E-state index contributed by atoms with van der Waals surface area (Å²) in [5, 5.41) is 7.35. The van der Waals surface area contributed by atoms with Crippen LogP contribution in [-0.4, -0.2) is 11.2 Å². The molecule has 0 aliphatic heterocycles. The van der Waals surface area contributed by atoms with Gasteiger partial charge in [-0.3, -0.25) is 0 Å². The Hall–Kier alpha value is -1.88. The minimum absolute atomic E-state index is 0.231. The third kappa shape index (κ3) is 3.36. The summed E-state index contributed by atoms with van der Waals surface area (Å²) in [6, 6.07) is 7.20. The Morgan fingerprint density at radius 3 is 3.00 bits per heavy atom. The number of ether oxygens (including phenoxy) is 1. The highest BCUT2D eigenvalue weighted by atomic mass is 19.1. The van der Waals surface area contributed by atoms with E-state index in [1.165, 1.54) is 18.9 Å². The maximum atomic E-state index is 13.1. The van der Waals surface area contributed by atoms with E-state index >= 15 is 0 Å². The van der Waals surface area contributed by atoms with E-state index in [0.29, 0.717) is 29.7 Å². The normalized spacial score (nSPS) is 14.5. The zero-order valence-corrected chi connectivity index (χ0v) is 11.4. The van der Waals surface area contributed by atoms with Crippen LogP contribution in [0.1, 0.15) is 29.9 Å². The molecule has 0 amide bonds. The molecule has 1 fully saturated rings. The first kappa shape index (κ1) is 13.1. The molecular formula is C15H17FN2O2. The van der Waals surface area contributed by atoms with E-state index in [1.807, 2.05) is 6.07 Å². The summed E-state index contributed by atoms with van der Waals surface area (Å²) < 4.78 is 23.9. The van der Waals surface area contributed by atoms with Crippen LogP contribution in [0.5, 0.6) is 5.75 Å². The molecule has 0 spiro atoms. The molecule has 1 aromatic carbocycles. The molecule has 4 nitrogen and oxygen atoms in total. The number of hydrogen-bond acceptors (Lipinski definition) is 4. The summed E-state index contributed by atoms with van der Waals surface area (Å²) in [4.78, 5) is 0. The second-order valence-electron chi connectivity index (χ2n) is 5.14. The maximum absolute atomic E-state index is 13.1. The molecule has 1 aliphatic carbocycles. The summed E-state index contributed by atoms with van der Waals surface area (Å²) in [5.41, 5.74) is 1.44. The molecule has 1 heterocycles. The number of aryl methyl sites for hydroxylation is 1. The Morgan fingerprint density at radius 1 is 1.40 bits per heavy atom. The van der Waals surface area contributed by atoms with Gasteiger partial charge in [-0.25, -0.2) is 4.39 Å². The third-order valence-corrected chi connectivity index (χ3v) is 3.27. The lowest BCUT2D eigenvalue weighted by molar-refractivity contribution is 0.248. The van der Waals surface area contributed by atoms with Crippen molar-refractivity contribution in [2.45, 2.75) is 39.0 Å². The number of benzene rings is 1. The molecule has 0 atom stereocenters. The molecule has 0 saturated heterocycles. The summed E-state index contributed by atoms with van der Waals surface area (Å²) in [7, 11) is 0. The van der Waals surface area contributed by atoms with Crippen molar-refractivity contribution in [1.29, 1.82) is 0 Å². The molecule has 0 radical (unpaired) electrons. The standard InChI is InChI=1S/C15H17FN2O2/c1-10-6-13(4-5-15(10)16)19-9-14-7-12(18-20-14)8-17-11-2-3-11/h4-7,11,17H,2-3,8-9H2,1H3. The average Bonchev–Trinajstić information content (AvgIpc) is 3.16. The maximum Gasteiger partial charge on any atom is 0.174 e. The summed E-state index contributed by atoms with van der Waals surface area (Å²) >= 11 is 0. The van der Waals surface area contributed by atoms with Crippen LogP contribution in [0.3, 0.4) is 0 Å². The molecule has 1 aliphatic rings. The number of halogens is 1. The van der Waals surface area contributed by atoms with Crippen molar-refractivity contribution in [3.63, 3.8) is 0 Å². The summed E-state index contributed by atoms with van der Waals surface area (Å²) in [5.74, 6) is 1.06. The molecule has 1 saturated carbocycles. The number of nitrogens with zero attached hydrogens (tertiary/aromatic N) is 1. The molecule has 2 aromatic rings. The van der Waals surface area contributed by atoms with E-state index in [9.17, 15) is 4.39 Å².